The van der Waals surface area contributed by atoms with Gasteiger partial charge in [-0.1, -0.05) is 50.2 Å². The van der Waals surface area contributed by atoms with Crippen molar-refractivity contribution < 1.29 is 4.39 Å². The summed E-state index contributed by atoms with van der Waals surface area (Å²) in [5, 5.41) is 3.56. The Hall–Kier alpha value is -2.46. The third-order valence-electron chi connectivity index (χ3n) is 4.48. The molecule has 2 aromatic carbocycles. The summed E-state index contributed by atoms with van der Waals surface area (Å²) >= 11 is 0. The van der Waals surface area contributed by atoms with Crippen molar-refractivity contribution in [3.05, 3.63) is 89.3 Å². The zero-order valence-electron chi connectivity index (χ0n) is 14.9. The largest absolute Gasteiger partial charge is 0.336 e. The number of aromatic nitrogens is 2. The van der Waals surface area contributed by atoms with E-state index in [1.807, 2.05) is 29.9 Å². The first-order valence-corrected chi connectivity index (χ1v) is 8.59. The Morgan fingerprint density at radius 3 is 2.20 bits per heavy atom. The lowest BCUT2D eigenvalue weighted by molar-refractivity contribution is 0.555. The molecule has 3 nitrogen and oxygen atoms in total. The minimum Gasteiger partial charge on any atom is -0.336 e. The Kier molecular flexibility index (Phi) is 5.29. The molecule has 0 aliphatic rings. The van der Waals surface area contributed by atoms with Crippen molar-refractivity contribution in [3.8, 4) is 0 Å². The summed E-state index contributed by atoms with van der Waals surface area (Å²) in [6.07, 6.45) is 3.70. The van der Waals surface area contributed by atoms with Crippen LogP contribution < -0.4 is 5.32 Å². The summed E-state index contributed by atoms with van der Waals surface area (Å²) < 4.78 is 15.3. The predicted molar refractivity (Wildman–Crippen MR) is 98.8 cm³/mol. The summed E-state index contributed by atoms with van der Waals surface area (Å²) in [5.74, 6) is 1.21. The Morgan fingerprint density at radius 2 is 1.64 bits per heavy atom. The second-order valence-electron chi connectivity index (χ2n) is 6.66. The highest BCUT2D eigenvalue weighted by Crippen LogP contribution is 2.22. The SMILES string of the molecule is CC(C)c1ccc(CN[C@H](c2ccc(F)cc2)c2nccn2C)cc1. The third-order valence-corrected chi connectivity index (χ3v) is 4.48. The highest BCUT2D eigenvalue weighted by Gasteiger charge is 2.18. The van der Waals surface area contributed by atoms with Crippen LogP contribution in [0.5, 0.6) is 0 Å². The molecule has 130 valence electrons. The first kappa shape index (κ1) is 17.4. The molecule has 0 radical (unpaired) electrons. The lowest BCUT2D eigenvalue weighted by atomic mass is 10.0. The maximum Gasteiger partial charge on any atom is 0.130 e. The topological polar surface area (TPSA) is 29.9 Å². The van der Waals surface area contributed by atoms with Crippen molar-refractivity contribution in [2.45, 2.75) is 32.4 Å². The molecule has 3 aromatic rings. The molecule has 0 aliphatic carbocycles. The Morgan fingerprint density at radius 1 is 1.00 bits per heavy atom. The number of nitrogens with one attached hydrogen (secondary N) is 1. The van der Waals surface area contributed by atoms with E-state index in [4.69, 9.17) is 0 Å². The minimum atomic E-state index is -0.230. The lowest BCUT2D eigenvalue weighted by Gasteiger charge is -2.19. The number of rotatable bonds is 6. The Balaban J connectivity index is 1.80. The number of halogens is 1. The molecular weight excluding hydrogens is 313 g/mol. The first-order chi connectivity index (χ1) is 12.0. The Labute approximate surface area is 148 Å². The number of hydrogen-bond acceptors (Lipinski definition) is 2. The van der Waals surface area contributed by atoms with Crippen LogP contribution in [0.2, 0.25) is 0 Å². The molecule has 1 heterocycles. The molecular formula is C21H24FN3. The van der Waals surface area contributed by atoms with Crippen molar-refractivity contribution in [2.75, 3.05) is 0 Å². The smallest absolute Gasteiger partial charge is 0.130 e. The Bertz CT molecular complexity index is 804. The van der Waals surface area contributed by atoms with Crippen LogP contribution in [0.4, 0.5) is 4.39 Å². The quantitative estimate of drug-likeness (QED) is 0.714. The molecule has 4 heteroatoms. The van der Waals surface area contributed by atoms with Crippen molar-refractivity contribution in [1.82, 2.24) is 14.9 Å². The minimum absolute atomic E-state index is 0.0922. The molecule has 0 aliphatic heterocycles. The van der Waals surface area contributed by atoms with Crippen LogP contribution in [0.25, 0.3) is 0 Å². The standard InChI is InChI=1S/C21H24FN3/c1-15(2)17-6-4-16(5-7-17)14-24-20(21-23-12-13-25(21)3)18-8-10-19(22)11-9-18/h4-13,15,20,24H,14H2,1-3H3/t20-/m1/s1. The van der Waals surface area contributed by atoms with E-state index in [-0.39, 0.29) is 11.9 Å². The molecule has 3 rings (SSSR count). The summed E-state index contributed by atoms with van der Waals surface area (Å²) in [6, 6.07) is 15.2. The van der Waals surface area contributed by atoms with Gasteiger partial charge in [-0.05, 0) is 34.7 Å². The van der Waals surface area contributed by atoms with Gasteiger partial charge in [0, 0.05) is 26.0 Å². The van der Waals surface area contributed by atoms with Gasteiger partial charge in [-0.3, -0.25) is 5.32 Å². The molecule has 0 spiro atoms. The van der Waals surface area contributed by atoms with Gasteiger partial charge in [0.1, 0.15) is 11.6 Å². The zero-order chi connectivity index (χ0) is 17.8. The van der Waals surface area contributed by atoms with Crippen LogP contribution >= 0.6 is 0 Å². The van der Waals surface area contributed by atoms with E-state index in [1.54, 1.807) is 6.20 Å². The van der Waals surface area contributed by atoms with Crippen LogP contribution in [-0.4, -0.2) is 9.55 Å². The molecule has 0 saturated heterocycles. The van der Waals surface area contributed by atoms with E-state index >= 15 is 0 Å². The summed E-state index contributed by atoms with van der Waals surface area (Å²) in [6.45, 7) is 5.10. The second-order valence-corrected chi connectivity index (χ2v) is 6.66. The van der Waals surface area contributed by atoms with Gasteiger partial charge in [0.15, 0.2) is 0 Å². The van der Waals surface area contributed by atoms with Crippen LogP contribution in [0, 0.1) is 5.82 Å². The second kappa shape index (κ2) is 7.62. The van der Waals surface area contributed by atoms with E-state index in [0.717, 1.165) is 11.4 Å². The summed E-state index contributed by atoms with van der Waals surface area (Å²) in [5.41, 5.74) is 3.54. The van der Waals surface area contributed by atoms with E-state index < -0.39 is 0 Å². The fourth-order valence-electron chi connectivity index (χ4n) is 2.91. The van der Waals surface area contributed by atoms with E-state index in [0.29, 0.717) is 12.5 Å². The molecule has 1 atom stereocenters. The molecule has 1 aromatic heterocycles. The van der Waals surface area contributed by atoms with Crippen molar-refractivity contribution >= 4 is 0 Å². The van der Waals surface area contributed by atoms with Crippen molar-refractivity contribution in [2.24, 2.45) is 7.05 Å². The van der Waals surface area contributed by atoms with Crippen molar-refractivity contribution in [3.63, 3.8) is 0 Å². The van der Waals surface area contributed by atoms with Gasteiger partial charge in [-0.25, -0.2) is 9.37 Å². The molecule has 0 unspecified atom stereocenters. The average molecular weight is 337 g/mol. The molecule has 0 saturated carbocycles. The zero-order valence-corrected chi connectivity index (χ0v) is 14.9. The van der Waals surface area contributed by atoms with Gasteiger partial charge in [-0.2, -0.15) is 0 Å². The van der Waals surface area contributed by atoms with Crippen LogP contribution in [-0.2, 0) is 13.6 Å². The number of benzene rings is 2. The fraction of sp³-hybridized carbons (Fsp3) is 0.286. The van der Waals surface area contributed by atoms with Gasteiger partial charge in [0.2, 0.25) is 0 Å². The normalized spacial score (nSPS) is 12.5. The number of aryl methyl sites for hydroxylation is 1. The highest BCUT2D eigenvalue weighted by atomic mass is 19.1. The van der Waals surface area contributed by atoms with Gasteiger partial charge < -0.3 is 4.57 Å². The van der Waals surface area contributed by atoms with Crippen LogP contribution in [0.15, 0.2) is 60.9 Å². The average Bonchev–Trinajstić information content (AvgIpc) is 3.03. The maximum atomic E-state index is 13.3. The number of nitrogens with zero attached hydrogens (tertiary/aromatic N) is 2. The third kappa shape index (κ3) is 4.15. The summed E-state index contributed by atoms with van der Waals surface area (Å²) in [4.78, 5) is 4.47. The fourth-order valence-corrected chi connectivity index (χ4v) is 2.91. The van der Waals surface area contributed by atoms with Crippen LogP contribution in [0.3, 0.4) is 0 Å². The van der Waals surface area contributed by atoms with E-state index in [2.05, 4.69) is 48.4 Å². The number of hydrogen-bond donors (Lipinski definition) is 1. The molecule has 0 bridgehead atoms. The van der Waals surface area contributed by atoms with Crippen molar-refractivity contribution in [1.29, 1.82) is 0 Å². The predicted octanol–water partition coefficient (Wildman–Crippen LogP) is 4.56. The van der Waals surface area contributed by atoms with Gasteiger partial charge >= 0.3 is 0 Å². The van der Waals surface area contributed by atoms with E-state index in [9.17, 15) is 4.39 Å². The monoisotopic (exact) mass is 337 g/mol. The van der Waals surface area contributed by atoms with Crippen LogP contribution in [0.1, 0.15) is 48.3 Å². The summed E-state index contributed by atoms with van der Waals surface area (Å²) in [7, 11) is 1.97. The van der Waals surface area contributed by atoms with Gasteiger partial charge in [0.25, 0.3) is 0 Å². The molecule has 0 amide bonds. The first-order valence-electron chi connectivity index (χ1n) is 8.59. The maximum absolute atomic E-state index is 13.3. The molecule has 25 heavy (non-hydrogen) atoms. The lowest BCUT2D eigenvalue weighted by Crippen LogP contribution is -2.24. The van der Waals surface area contributed by atoms with Gasteiger partial charge in [-0.15, -0.1) is 0 Å². The van der Waals surface area contributed by atoms with E-state index in [1.165, 1.54) is 23.3 Å². The highest BCUT2D eigenvalue weighted by molar-refractivity contribution is 5.28. The molecule has 0 fully saturated rings. The molecule has 1 N–H and O–H groups in total. The number of imidazole rings is 1. The van der Waals surface area contributed by atoms with Gasteiger partial charge in [0.05, 0.1) is 6.04 Å².